The second kappa shape index (κ2) is 4.20. The lowest BCUT2D eigenvalue weighted by molar-refractivity contribution is 0.408. The van der Waals surface area contributed by atoms with Crippen LogP contribution in [0.5, 0.6) is 5.75 Å². The molecule has 0 fully saturated rings. The van der Waals surface area contributed by atoms with Crippen molar-refractivity contribution in [3.8, 4) is 17.1 Å². The zero-order chi connectivity index (χ0) is 12.6. The normalized spacial score (nSPS) is 10.6. The maximum atomic E-state index is 5.35. The summed E-state index contributed by atoms with van der Waals surface area (Å²) in [7, 11) is 3.59. The highest BCUT2D eigenvalue weighted by Gasteiger charge is 2.10. The molecule has 1 aromatic carbocycles. The van der Waals surface area contributed by atoms with E-state index in [9.17, 15) is 0 Å². The van der Waals surface area contributed by atoms with E-state index in [1.54, 1.807) is 11.8 Å². The van der Waals surface area contributed by atoms with E-state index in [0.29, 0.717) is 0 Å². The molecule has 0 aliphatic heterocycles. The van der Waals surface area contributed by atoms with Crippen molar-refractivity contribution < 1.29 is 4.74 Å². The fraction of sp³-hybridized carbons (Fsp3) is 0.385. The Hall–Kier alpha value is -1.84. The van der Waals surface area contributed by atoms with Gasteiger partial charge < -0.3 is 4.74 Å². The number of methoxy groups -OCH3 is 1. The van der Waals surface area contributed by atoms with Crippen LogP contribution < -0.4 is 4.74 Å². The van der Waals surface area contributed by atoms with Crippen molar-refractivity contribution in [1.29, 1.82) is 0 Å². The second-order valence-corrected chi connectivity index (χ2v) is 4.25. The third kappa shape index (κ3) is 2.02. The van der Waals surface area contributed by atoms with Gasteiger partial charge in [0.25, 0.3) is 0 Å². The molecule has 0 aliphatic carbocycles. The minimum absolute atomic E-state index is 0.763. The van der Waals surface area contributed by atoms with Gasteiger partial charge in [-0.25, -0.2) is 4.98 Å². The molecule has 2 aromatic rings. The van der Waals surface area contributed by atoms with Crippen molar-refractivity contribution in [2.24, 2.45) is 7.05 Å². The number of nitrogens with zero attached hydrogens (tertiary/aromatic N) is 3. The van der Waals surface area contributed by atoms with Crippen LogP contribution in [-0.2, 0) is 7.05 Å². The first kappa shape index (κ1) is 11.6. The molecule has 90 valence electrons. The standard InChI is InChI=1S/C13H17N3O/c1-8-6-11(7-9(2)12(8)17-5)13-14-10(3)16(4)15-13/h6-7H,1-5H3. The molecule has 1 heterocycles. The Bertz CT molecular complexity index is 515. The fourth-order valence-corrected chi connectivity index (χ4v) is 1.99. The van der Waals surface area contributed by atoms with Crippen LogP contribution in [-0.4, -0.2) is 21.9 Å². The van der Waals surface area contributed by atoms with Crippen molar-refractivity contribution in [1.82, 2.24) is 14.8 Å². The fourth-order valence-electron chi connectivity index (χ4n) is 1.99. The van der Waals surface area contributed by atoms with Gasteiger partial charge in [-0.15, -0.1) is 0 Å². The number of aromatic nitrogens is 3. The minimum Gasteiger partial charge on any atom is -0.496 e. The van der Waals surface area contributed by atoms with Crippen LogP contribution >= 0.6 is 0 Å². The highest BCUT2D eigenvalue weighted by molar-refractivity contribution is 5.61. The van der Waals surface area contributed by atoms with Crippen LogP contribution in [0.15, 0.2) is 12.1 Å². The first-order valence-corrected chi connectivity index (χ1v) is 5.56. The molecule has 0 saturated heterocycles. The molecule has 2 rings (SSSR count). The molecule has 4 nitrogen and oxygen atoms in total. The molecule has 4 heteroatoms. The summed E-state index contributed by atoms with van der Waals surface area (Å²) >= 11 is 0. The summed E-state index contributed by atoms with van der Waals surface area (Å²) in [6.45, 7) is 6.01. The number of aryl methyl sites for hydroxylation is 4. The lowest BCUT2D eigenvalue weighted by Crippen LogP contribution is -1.94. The maximum Gasteiger partial charge on any atom is 0.181 e. The molecule has 0 atom stereocenters. The number of benzene rings is 1. The van der Waals surface area contributed by atoms with E-state index in [-0.39, 0.29) is 0 Å². The Kier molecular flexibility index (Phi) is 2.88. The van der Waals surface area contributed by atoms with Gasteiger partial charge in [-0.1, -0.05) is 0 Å². The second-order valence-electron chi connectivity index (χ2n) is 4.25. The van der Waals surface area contributed by atoms with E-state index in [1.807, 2.05) is 27.8 Å². The van der Waals surface area contributed by atoms with Crippen molar-refractivity contribution in [3.05, 3.63) is 29.1 Å². The van der Waals surface area contributed by atoms with Gasteiger partial charge in [0.05, 0.1) is 7.11 Å². The summed E-state index contributed by atoms with van der Waals surface area (Å²) in [5, 5.41) is 4.38. The number of hydrogen-bond donors (Lipinski definition) is 0. The first-order valence-electron chi connectivity index (χ1n) is 5.56. The van der Waals surface area contributed by atoms with E-state index in [2.05, 4.69) is 22.2 Å². The van der Waals surface area contributed by atoms with Crippen molar-refractivity contribution in [2.75, 3.05) is 7.11 Å². The van der Waals surface area contributed by atoms with Crippen molar-refractivity contribution >= 4 is 0 Å². The highest BCUT2D eigenvalue weighted by Crippen LogP contribution is 2.28. The molecular formula is C13H17N3O. The number of ether oxygens (including phenoxy) is 1. The average Bonchev–Trinajstić information content (AvgIpc) is 2.59. The first-order chi connectivity index (χ1) is 8.02. The van der Waals surface area contributed by atoms with Gasteiger partial charge in [0.15, 0.2) is 5.82 Å². The summed E-state index contributed by atoms with van der Waals surface area (Å²) in [4.78, 5) is 4.43. The number of hydrogen-bond acceptors (Lipinski definition) is 3. The van der Waals surface area contributed by atoms with E-state index < -0.39 is 0 Å². The summed E-state index contributed by atoms with van der Waals surface area (Å²) < 4.78 is 7.13. The maximum absolute atomic E-state index is 5.35. The molecule has 17 heavy (non-hydrogen) atoms. The third-order valence-electron chi connectivity index (χ3n) is 2.90. The molecule has 0 saturated carbocycles. The van der Waals surface area contributed by atoms with Crippen molar-refractivity contribution in [2.45, 2.75) is 20.8 Å². The monoisotopic (exact) mass is 231 g/mol. The summed E-state index contributed by atoms with van der Waals surface area (Å²) in [5.41, 5.74) is 3.24. The van der Waals surface area contributed by atoms with E-state index in [4.69, 9.17) is 4.74 Å². The number of rotatable bonds is 2. The molecule has 0 radical (unpaired) electrons. The van der Waals surface area contributed by atoms with Gasteiger partial charge in [-0.05, 0) is 44.0 Å². The SMILES string of the molecule is COc1c(C)cc(-c2nc(C)n(C)n2)cc1C. The van der Waals surface area contributed by atoms with Crippen LogP contribution in [0.25, 0.3) is 11.4 Å². The quantitative estimate of drug-likeness (QED) is 0.797. The molecule has 0 bridgehead atoms. The van der Waals surface area contributed by atoms with Crippen LogP contribution in [0.1, 0.15) is 17.0 Å². The Balaban J connectivity index is 2.54. The summed E-state index contributed by atoms with van der Waals surface area (Å²) in [6.07, 6.45) is 0. The zero-order valence-electron chi connectivity index (χ0n) is 10.9. The zero-order valence-corrected chi connectivity index (χ0v) is 10.9. The Labute approximate surface area is 101 Å². The molecule has 0 spiro atoms. The van der Waals surface area contributed by atoms with Crippen LogP contribution in [0.3, 0.4) is 0 Å². The van der Waals surface area contributed by atoms with Gasteiger partial charge >= 0.3 is 0 Å². The van der Waals surface area contributed by atoms with Crippen molar-refractivity contribution in [3.63, 3.8) is 0 Å². The molecule has 0 amide bonds. The highest BCUT2D eigenvalue weighted by atomic mass is 16.5. The van der Waals surface area contributed by atoms with E-state index >= 15 is 0 Å². The summed E-state index contributed by atoms with van der Waals surface area (Å²) in [6, 6.07) is 4.11. The Morgan fingerprint density at radius 2 is 1.71 bits per heavy atom. The predicted octanol–water partition coefficient (Wildman–Crippen LogP) is 2.42. The van der Waals surface area contributed by atoms with Gasteiger partial charge in [0.2, 0.25) is 0 Å². The van der Waals surface area contributed by atoms with Crippen LogP contribution in [0, 0.1) is 20.8 Å². The molecule has 0 aliphatic rings. The van der Waals surface area contributed by atoms with Crippen LogP contribution in [0.4, 0.5) is 0 Å². The van der Waals surface area contributed by atoms with Crippen LogP contribution in [0.2, 0.25) is 0 Å². The van der Waals surface area contributed by atoms with Gasteiger partial charge in [-0.2, -0.15) is 5.10 Å². The Morgan fingerprint density at radius 3 is 2.12 bits per heavy atom. The van der Waals surface area contributed by atoms with E-state index in [1.165, 1.54) is 0 Å². The largest absolute Gasteiger partial charge is 0.496 e. The van der Waals surface area contributed by atoms with Gasteiger partial charge in [0, 0.05) is 12.6 Å². The Morgan fingerprint density at radius 1 is 1.12 bits per heavy atom. The van der Waals surface area contributed by atoms with E-state index in [0.717, 1.165) is 34.1 Å². The minimum atomic E-state index is 0.763. The topological polar surface area (TPSA) is 39.9 Å². The summed E-state index contributed by atoms with van der Waals surface area (Å²) in [5.74, 6) is 2.60. The average molecular weight is 231 g/mol. The molecule has 0 N–H and O–H groups in total. The third-order valence-corrected chi connectivity index (χ3v) is 2.90. The molecule has 0 unspecified atom stereocenters. The predicted molar refractivity (Wildman–Crippen MR) is 67.2 cm³/mol. The molecular weight excluding hydrogens is 214 g/mol. The molecule has 1 aromatic heterocycles. The lowest BCUT2D eigenvalue weighted by atomic mass is 10.1. The smallest absolute Gasteiger partial charge is 0.181 e. The lowest BCUT2D eigenvalue weighted by Gasteiger charge is -2.09. The van der Waals surface area contributed by atoms with Gasteiger partial charge in [0.1, 0.15) is 11.6 Å². The van der Waals surface area contributed by atoms with Gasteiger partial charge in [-0.3, -0.25) is 4.68 Å².